The van der Waals surface area contributed by atoms with Crippen LogP contribution in [0.15, 0.2) is 0 Å². The van der Waals surface area contributed by atoms with Gasteiger partial charge in [-0.3, -0.25) is 9.59 Å². The van der Waals surface area contributed by atoms with E-state index in [0.717, 1.165) is 19.3 Å². The summed E-state index contributed by atoms with van der Waals surface area (Å²) in [5.74, 6) is -0.911. The van der Waals surface area contributed by atoms with Crippen molar-refractivity contribution in [3.8, 4) is 0 Å². The van der Waals surface area contributed by atoms with Crippen LogP contribution >= 0.6 is 0 Å². The van der Waals surface area contributed by atoms with Crippen molar-refractivity contribution in [3.05, 3.63) is 0 Å². The summed E-state index contributed by atoms with van der Waals surface area (Å²) in [5.41, 5.74) is -0.472. The Balaban J connectivity index is 3.80. The summed E-state index contributed by atoms with van der Waals surface area (Å²) in [6.45, 7) is 6.40. The van der Waals surface area contributed by atoms with Crippen LogP contribution in [0, 0.1) is 5.41 Å². The summed E-state index contributed by atoms with van der Waals surface area (Å²) < 4.78 is 0. The Kier molecular flexibility index (Phi) is 6.77. The van der Waals surface area contributed by atoms with Gasteiger partial charge >= 0.3 is 5.97 Å². The molecule has 0 unspecified atom stereocenters. The van der Waals surface area contributed by atoms with E-state index in [0.29, 0.717) is 6.54 Å². The average Bonchev–Trinajstić information content (AvgIpc) is 2.09. The van der Waals surface area contributed by atoms with Gasteiger partial charge in [-0.15, -0.1) is 0 Å². The van der Waals surface area contributed by atoms with Crippen molar-refractivity contribution in [2.24, 2.45) is 5.41 Å². The second kappa shape index (κ2) is 7.25. The molecule has 0 aliphatic heterocycles. The number of rotatable bonds is 8. The first-order chi connectivity index (χ1) is 7.37. The molecule has 0 aliphatic carbocycles. The van der Waals surface area contributed by atoms with Gasteiger partial charge in [-0.25, -0.2) is 0 Å². The number of carbonyl (C=O) groups is 2. The van der Waals surface area contributed by atoms with E-state index in [1.54, 1.807) is 13.8 Å². The lowest BCUT2D eigenvalue weighted by atomic mass is 9.85. The lowest BCUT2D eigenvalue weighted by Gasteiger charge is -2.21. The molecule has 0 fully saturated rings. The molecule has 0 heterocycles. The van der Waals surface area contributed by atoms with Crippen LogP contribution in [0.4, 0.5) is 0 Å². The largest absolute Gasteiger partial charge is 0.481 e. The molecule has 0 aromatic heterocycles. The Labute approximate surface area is 97.4 Å². The molecule has 0 aliphatic rings. The molecule has 94 valence electrons. The van der Waals surface area contributed by atoms with Crippen LogP contribution in [0.25, 0.3) is 0 Å². The molecule has 0 aromatic rings. The molecule has 1 amide bonds. The number of carboxylic acid groups (broad SMARTS) is 1. The van der Waals surface area contributed by atoms with Crippen LogP contribution in [0.5, 0.6) is 0 Å². The lowest BCUT2D eigenvalue weighted by Crippen LogP contribution is -2.30. The molecule has 0 saturated heterocycles. The third-order valence-corrected chi connectivity index (χ3v) is 2.37. The molecule has 4 heteroatoms. The molecular formula is C12H23NO3. The predicted molar refractivity (Wildman–Crippen MR) is 63.2 cm³/mol. The summed E-state index contributed by atoms with van der Waals surface area (Å²) in [6, 6.07) is 0. The van der Waals surface area contributed by atoms with Gasteiger partial charge in [0, 0.05) is 13.0 Å². The van der Waals surface area contributed by atoms with Gasteiger partial charge in [0.25, 0.3) is 0 Å². The minimum absolute atomic E-state index is 0.0232. The fourth-order valence-electron chi connectivity index (χ4n) is 1.57. The third-order valence-electron chi connectivity index (χ3n) is 2.37. The van der Waals surface area contributed by atoms with E-state index in [1.165, 1.54) is 0 Å². The SMILES string of the molecule is CCCCCNC(=O)CC(C)(C)CC(=O)O. The minimum atomic E-state index is -0.858. The number of amides is 1. The highest BCUT2D eigenvalue weighted by atomic mass is 16.4. The first kappa shape index (κ1) is 14.9. The van der Waals surface area contributed by atoms with Crippen molar-refractivity contribution in [1.82, 2.24) is 5.32 Å². The van der Waals surface area contributed by atoms with E-state index in [9.17, 15) is 9.59 Å². The van der Waals surface area contributed by atoms with Gasteiger partial charge in [0.15, 0.2) is 0 Å². The summed E-state index contributed by atoms with van der Waals surface area (Å²) >= 11 is 0. The Hall–Kier alpha value is -1.06. The highest BCUT2D eigenvalue weighted by Crippen LogP contribution is 2.24. The van der Waals surface area contributed by atoms with Crippen LogP contribution < -0.4 is 5.32 Å². The molecule has 0 bridgehead atoms. The van der Waals surface area contributed by atoms with E-state index in [-0.39, 0.29) is 18.7 Å². The maximum Gasteiger partial charge on any atom is 0.303 e. The van der Waals surface area contributed by atoms with Gasteiger partial charge in [-0.2, -0.15) is 0 Å². The topological polar surface area (TPSA) is 66.4 Å². The predicted octanol–water partition coefficient (Wildman–Crippen LogP) is 2.18. The van der Waals surface area contributed by atoms with Gasteiger partial charge in [0.05, 0.1) is 6.42 Å². The summed E-state index contributed by atoms with van der Waals surface area (Å²) in [7, 11) is 0. The van der Waals surface area contributed by atoms with Crippen LogP contribution in [0.3, 0.4) is 0 Å². The second-order valence-electron chi connectivity index (χ2n) is 4.97. The molecule has 4 nitrogen and oxygen atoms in total. The number of carboxylic acids is 1. The highest BCUT2D eigenvalue weighted by Gasteiger charge is 2.24. The number of hydrogen-bond acceptors (Lipinski definition) is 2. The molecule has 0 atom stereocenters. The van der Waals surface area contributed by atoms with E-state index >= 15 is 0 Å². The number of hydrogen-bond donors (Lipinski definition) is 2. The zero-order valence-electron chi connectivity index (χ0n) is 10.5. The maximum absolute atomic E-state index is 11.5. The van der Waals surface area contributed by atoms with Crippen molar-refractivity contribution in [3.63, 3.8) is 0 Å². The highest BCUT2D eigenvalue weighted by molar-refractivity contribution is 5.77. The van der Waals surface area contributed by atoms with Gasteiger partial charge < -0.3 is 10.4 Å². The van der Waals surface area contributed by atoms with Crippen molar-refractivity contribution < 1.29 is 14.7 Å². The molecular weight excluding hydrogens is 206 g/mol. The second-order valence-corrected chi connectivity index (χ2v) is 4.97. The Morgan fingerprint density at radius 1 is 1.19 bits per heavy atom. The quantitative estimate of drug-likeness (QED) is 0.627. The molecule has 0 saturated carbocycles. The average molecular weight is 229 g/mol. The maximum atomic E-state index is 11.5. The molecule has 0 radical (unpaired) electrons. The Morgan fingerprint density at radius 3 is 2.31 bits per heavy atom. The molecule has 0 aromatic carbocycles. The van der Waals surface area contributed by atoms with Gasteiger partial charge in [0.2, 0.25) is 5.91 Å². The summed E-state index contributed by atoms with van der Waals surface area (Å²) in [4.78, 5) is 22.1. The standard InChI is InChI=1S/C12H23NO3/c1-4-5-6-7-13-10(14)8-12(2,3)9-11(15)16/h4-9H2,1-3H3,(H,13,14)(H,15,16). The first-order valence-corrected chi connectivity index (χ1v) is 5.86. The van der Waals surface area contributed by atoms with Crippen molar-refractivity contribution in [2.75, 3.05) is 6.54 Å². The van der Waals surface area contributed by atoms with Crippen molar-refractivity contribution in [2.45, 2.75) is 52.9 Å². The van der Waals surface area contributed by atoms with E-state index in [1.807, 2.05) is 0 Å². The number of carbonyl (C=O) groups excluding carboxylic acids is 1. The monoisotopic (exact) mass is 229 g/mol. The normalized spacial score (nSPS) is 11.2. The van der Waals surface area contributed by atoms with E-state index < -0.39 is 11.4 Å². The first-order valence-electron chi connectivity index (χ1n) is 5.86. The van der Waals surface area contributed by atoms with E-state index in [2.05, 4.69) is 12.2 Å². The smallest absolute Gasteiger partial charge is 0.303 e. The third kappa shape index (κ3) is 8.26. The van der Waals surface area contributed by atoms with Crippen molar-refractivity contribution in [1.29, 1.82) is 0 Å². The van der Waals surface area contributed by atoms with Gasteiger partial charge in [-0.05, 0) is 11.8 Å². The molecule has 0 spiro atoms. The molecule has 2 N–H and O–H groups in total. The Morgan fingerprint density at radius 2 is 1.81 bits per heavy atom. The Bertz CT molecular complexity index is 236. The van der Waals surface area contributed by atoms with Gasteiger partial charge in [-0.1, -0.05) is 33.6 Å². The zero-order chi connectivity index (χ0) is 12.6. The van der Waals surface area contributed by atoms with E-state index in [4.69, 9.17) is 5.11 Å². The lowest BCUT2D eigenvalue weighted by molar-refractivity contribution is -0.139. The minimum Gasteiger partial charge on any atom is -0.481 e. The molecule has 16 heavy (non-hydrogen) atoms. The summed E-state index contributed by atoms with van der Waals surface area (Å²) in [6.07, 6.45) is 3.52. The summed E-state index contributed by atoms with van der Waals surface area (Å²) in [5, 5.41) is 11.5. The molecule has 0 rings (SSSR count). The fourth-order valence-corrected chi connectivity index (χ4v) is 1.57. The van der Waals surface area contributed by atoms with Crippen LogP contribution in [-0.4, -0.2) is 23.5 Å². The number of aliphatic carboxylic acids is 1. The number of nitrogens with one attached hydrogen (secondary N) is 1. The van der Waals surface area contributed by atoms with Crippen LogP contribution in [0.1, 0.15) is 52.9 Å². The number of unbranched alkanes of at least 4 members (excludes halogenated alkanes) is 2. The van der Waals surface area contributed by atoms with Crippen LogP contribution in [-0.2, 0) is 9.59 Å². The van der Waals surface area contributed by atoms with Crippen LogP contribution in [0.2, 0.25) is 0 Å². The van der Waals surface area contributed by atoms with Gasteiger partial charge in [0.1, 0.15) is 0 Å². The zero-order valence-corrected chi connectivity index (χ0v) is 10.5. The fraction of sp³-hybridized carbons (Fsp3) is 0.833. The van der Waals surface area contributed by atoms with Crippen molar-refractivity contribution >= 4 is 11.9 Å².